The first-order chi connectivity index (χ1) is 6.39. The summed E-state index contributed by atoms with van der Waals surface area (Å²) in [6, 6.07) is 0. The minimum Gasteiger partial charge on any atom is -0.253 e. The Morgan fingerprint density at radius 3 is 1.64 bits per heavy atom. The lowest BCUT2D eigenvalue weighted by Crippen LogP contribution is -2.55. The quantitative estimate of drug-likeness (QED) is 0.179. The van der Waals surface area contributed by atoms with Crippen LogP contribution in [0, 0.1) is 30.3 Å². The smallest absolute Gasteiger partial charge is 0.253 e. The third-order valence-corrected chi connectivity index (χ3v) is 1.23. The molecule has 0 aliphatic carbocycles. The summed E-state index contributed by atoms with van der Waals surface area (Å²) in [4.78, 5) is 37.3. The van der Waals surface area contributed by atoms with Gasteiger partial charge in [-0.2, -0.15) is 4.99 Å². The number of carbonyl (C=O) groups excluding carboxylic acids is 1. The van der Waals surface area contributed by atoms with Gasteiger partial charge in [-0.15, -0.1) is 0 Å². The molecule has 0 aromatic carbocycles. The molecule has 0 aliphatic rings. The number of nitrogens with zero attached hydrogens (tertiary/aromatic N) is 4. The number of hydrogen-bond donors (Lipinski definition) is 0. The van der Waals surface area contributed by atoms with Gasteiger partial charge in [-0.05, 0) is 0 Å². The van der Waals surface area contributed by atoms with Crippen molar-refractivity contribution in [3.63, 3.8) is 0 Å². The minimum absolute atomic E-state index is 0.749. The van der Waals surface area contributed by atoms with E-state index in [0.717, 1.165) is 6.08 Å². The van der Waals surface area contributed by atoms with Gasteiger partial charge in [-0.25, -0.2) is 4.79 Å². The molecule has 0 fully saturated rings. The highest BCUT2D eigenvalue weighted by Crippen LogP contribution is 2.12. The molecular formula is C3H2N4O7. The second-order valence-electron chi connectivity index (χ2n) is 1.95. The third kappa shape index (κ3) is 1.67. The fourth-order valence-electron chi connectivity index (χ4n) is 0.512. The molecule has 0 atom stereocenters. The van der Waals surface area contributed by atoms with E-state index in [1.54, 1.807) is 0 Å². The van der Waals surface area contributed by atoms with Gasteiger partial charge in [0.15, 0.2) is 14.8 Å². The lowest BCUT2D eigenvalue weighted by Gasteiger charge is -2.04. The highest BCUT2D eigenvalue weighted by atomic mass is 16.7. The van der Waals surface area contributed by atoms with Crippen molar-refractivity contribution in [2.45, 2.75) is 5.79 Å². The van der Waals surface area contributed by atoms with Crippen molar-refractivity contribution in [3.8, 4) is 0 Å². The van der Waals surface area contributed by atoms with Gasteiger partial charge < -0.3 is 0 Å². The summed E-state index contributed by atoms with van der Waals surface area (Å²) >= 11 is 0. The van der Waals surface area contributed by atoms with Gasteiger partial charge >= 0.3 is 5.79 Å². The molecule has 0 heterocycles. The maximum atomic E-state index is 10.1. The molecule has 14 heavy (non-hydrogen) atoms. The van der Waals surface area contributed by atoms with Crippen LogP contribution in [0.2, 0.25) is 0 Å². The highest BCUT2D eigenvalue weighted by Gasteiger charge is 2.70. The van der Waals surface area contributed by atoms with Crippen LogP contribution in [0.15, 0.2) is 4.99 Å². The van der Waals surface area contributed by atoms with Crippen LogP contribution >= 0.6 is 0 Å². The van der Waals surface area contributed by atoms with Gasteiger partial charge in [0.2, 0.25) is 6.08 Å². The van der Waals surface area contributed by atoms with Gasteiger partial charge in [0, 0.05) is 0 Å². The number of isocyanates is 1. The molecule has 11 heteroatoms. The molecule has 76 valence electrons. The Hall–Kier alpha value is -2.42. The van der Waals surface area contributed by atoms with E-state index >= 15 is 0 Å². The molecule has 11 nitrogen and oxygen atoms in total. The van der Waals surface area contributed by atoms with E-state index in [2.05, 4.69) is 4.99 Å². The lowest BCUT2D eigenvalue weighted by molar-refractivity contribution is -0.965. The number of nitro groups is 3. The first-order valence-corrected chi connectivity index (χ1v) is 2.86. The van der Waals surface area contributed by atoms with E-state index in [1.807, 2.05) is 0 Å². The normalized spacial score (nSPS) is 10.0. The first kappa shape index (κ1) is 11.6. The summed E-state index contributed by atoms with van der Waals surface area (Å²) in [6.45, 7) is -1.50. The average molecular weight is 206 g/mol. The molecule has 0 amide bonds. The summed E-state index contributed by atoms with van der Waals surface area (Å²) in [5, 5.41) is 30.4. The van der Waals surface area contributed by atoms with Crippen molar-refractivity contribution in [1.29, 1.82) is 0 Å². The van der Waals surface area contributed by atoms with Crippen LogP contribution in [-0.2, 0) is 4.79 Å². The van der Waals surface area contributed by atoms with Crippen molar-refractivity contribution in [2.75, 3.05) is 6.54 Å². The molecule has 0 aliphatic heterocycles. The number of hydrogen-bond acceptors (Lipinski definition) is 8. The Morgan fingerprint density at radius 1 is 1.07 bits per heavy atom. The predicted octanol–water partition coefficient (Wildman–Crippen LogP) is -1.19. The topological polar surface area (TPSA) is 159 Å². The number of rotatable bonds is 5. The molecule has 0 aromatic heterocycles. The van der Waals surface area contributed by atoms with E-state index in [0.29, 0.717) is 0 Å². The Balaban J connectivity index is 5.37. The molecule has 0 rings (SSSR count). The zero-order valence-corrected chi connectivity index (χ0v) is 6.35. The van der Waals surface area contributed by atoms with E-state index < -0.39 is 27.1 Å². The van der Waals surface area contributed by atoms with Crippen LogP contribution in [0.3, 0.4) is 0 Å². The zero-order chi connectivity index (χ0) is 11.4. The van der Waals surface area contributed by atoms with Crippen LogP contribution in [-0.4, -0.2) is 33.2 Å². The molecule has 0 aromatic rings. The zero-order valence-electron chi connectivity index (χ0n) is 6.35. The molecule has 0 spiro atoms. The molecular weight excluding hydrogens is 204 g/mol. The first-order valence-electron chi connectivity index (χ1n) is 2.86. The van der Waals surface area contributed by atoms with Crippen LogP contribution in [0.5, 0.6) is 0 Å². The van der Waals surface area contributed by atoms with Crippen LogP contribution < -0.4 is 0 Å². The molecule has 0 radical (unpaired) electrons. The van der Waals surface area contributed by atoms with Gasteiger partial charge in [-0.1, -0.05) is 0 Å². The maximum absolute atomic E-state index is 10.1. The highest BCUT2D eigenvalue weighted by molar-refractivity contribution is 5.32. The monoisotopic (exact) mass is 206 g/mol. The molecule has 0 saturated carbocycles. The van der Waals surface area contributed by atoms with E-state index in [1.165, 1.54) is 0 Å². The van der Waals surface area contributed by atoms with Crippen molar-refractivity contribution in [2.24, 2.45) is 4.99 Å². The van der Waals surface area contributed by atoms with Crippen LogP contribution in [0.4, 0.5) is 0 Å². The Bertz CT molecular complexity index is 294. The third-order valence-electron chi connectivity index (χ3n) is 1.23. The largest absolute Gasteiger partial charge is 0.720 e. The summed E-state index contributed by atoms with van der Waals surface area (Å²) in [5.74, 6) is -3.71. The van der Waals surface area contributed by atoms with Gasteiger partial charge in [0.1, 0.15) is 0 Å². The van der Waals surface area contributed by atoms with Gasteiger partial charge in [0.05, 0.1) is 0 Å². The molecule has 0 bridgehead atoms. The molecule has 0 N–H and O–H groups in total. The van der Waals surface area contributed by atoms with Crippen molar-refractivity contribution >= 4 is 6.08 Å². The van der Waals surface area contributed by atoms with Gasteiger partial charge in [0.25, 0.3) is 6.54 Å². The maximum Gasteiger partial charge on any atom is 0.720 e. The number of aliphatic imine (C=N–C) groups is 1. The van der Waals surface area contributed by atoms with Crippen molar-refractivity contribution in [3.05, 3.63) is 30.3 Å². The molecule has 0 saturated heterocycles. The fourth-order valence-corrected chi connectivity index (χ4v) is 0.512. The summed E-state index contributed by atoms with van der Waals surface area (Å²) in [5.41, 5.74) is 0. The second kappa shape index (κ2) is 4.00. The molecule has 0 unspecified atom stereocenters. The standard InChI is InChI=1S/C3H2N4O7/c8-2-4-1-3(5(9)10,6(11)12)7(13)14/h1H2. The van der Waals surface area contributed by atoms with E-state index in [9.17, 15) is 35.1 Å². The van der Waals surface area contributed by atoms with E-state index in [-0.39, 0.29) is 0 Å². The Labute approximate surface area is 74.5 Å². The van der Waals surface area contributed by atoms with Gasteiger partial charge in [-0.3, -0.25) is 30.3 Å². The van der Waals surface area contributed by atoms with Crippen LogP contribution in [0.25, 0.3) is 0 Å². The Morgan fingerprint density at radius 2 is 1.43 bits per heavy atom. The van der Waals surface area contributed by atoms with E-state index in [4.69, 9.17) is 0 Å². The Kier molecular flexibility index (Phi) is 3.31. The summed E-state index contributed by atoms with van der Waals surface area (Å²) in [6.07, 6.45) is 0.749. The summed E-state index contributed by atoms with van der Waals surface area (Å²) in [7, 11) is 0. The lowest BCUT2D eigenvalue weighted by atomic mass is 10.4. The van der Waals surface area contributed by atoms with Crippen molar-refractivity contribution < 1.29 is 19.6 Å². The summed E-state index contributed by atoms with van der Waals surface area (Å²) < 4.78 is 0. The SMILES string of the molecule is O=C=NCC([N+](=O)[O-])([N+](=O)[O-])[N+](=O)[O-]. The van der Waals surface area contributed by atoms with Crippen molar-refractivity contribution in [1.82, 2.24) is 0 Å². The average Bonchev–Trinajstić information content (AvgIpc) is 2.03. The second-order valence-corrected chi connectivity index (χ2v) is 1.95. The van der Waals surface area contributed by atoms with Crippen LogP contribution in [0.1, 0.15) is 0 Å². The predicted molar refractivity (Wildman–Crippen MR) is 36.7 cm³/mol. The fraction of sp³-hybridized carbons (Fsp3) is 0.667. The minimum atomic E-state index is -3.71.